The first-order chi connectivity index (χ1) is 15.9. The number of carbonyl (C=O) groups is 1. The molecule has 11 heteroatoms. The number of hydrogen-bond donors (Lipinski definition) is 2. The quantitative estimate of drug-likeness (QED) is 0.354. The van der Waals surface area contributed by atoms with E-state index in [0.717, 1.165) is 10.6 Å². The van der Waals surface area contributed by atoms with E-state index in [2.05, 4.69) is 25.6 Å². The number of fused-ring (bicyclic) bond motifs is 1. The van der Waals surface area contributed by atoms with Crippen molar-refractivity contribution in [1.29, 1.82) is 0 Å². The van der Waals surface area contributed by atoms with Gasteiger partial charge in [0, 0.05) is 17.0 Å². The Morgan fingerprint density at radius 2 is 1.79 bits per heavy atom. The average Bonchev–Trinajstić information content (AvgIpc) is 3.11. The zero-order valence-electron chi connectivity index (χ0n) is 18.2. The Kier molecular flexibility index (Phi) is 6.47. The van der Waals surface area contributed by atoms with Crippen LogP contribution < -0.4 is 24.8 Å². The van der Waals surface area contributed by atoms with Gasteiger partial charge >= 0.3 is 6.03 Å². The first-order valence-corrected chi connectivity index (χ1v) is 10.9. The van der Waals surface area contributed by atoms with Crippen LogP contribution in [0.1, 0.15) is 10.6 Å². The summed E-state index contributed by atoms with van der Waals surface area (Å²) in [6, 6.07) is 7.95. The second kappa shape index (κ2) is 9.47. The van der Waals surface area contributed by atoms with Crippen molar-refractivity contribution in [2.24, 2.45) is 0 Å². The van der Waals surface area contributed by atoms with Crippen LogP contribution in [0.15, 0.2) is 36.7 Å². The number of urea groups is 1. The molecular weight excluding hydrogens is 466 g/mol. The third-order valence-corrected chi connectivity index (χ3v) is 6.06. The van der Waals surface area contributed by atoms with Gasteiger partial charge in [0.15, 0.2) is 16.6 Å². The topological polar surface area (TPSA) is 107 Å². The number of benzene rings is 2. The Balaban J connectivity index is 1.52. The van der Waals surface area contributed by atoms with Gasteiger partial charge in [0.1, 0.15) is 12.1 Å². The standard InChI is InChI=1S/C22H20ClN5O4S/c1-11-12(2)33-22(26-11)28-21(29)27-16-6-5-13(7-15(16)23)32-20-14-8-18(30-3)19(31-4)9-17(14)24-10-25-20/h5-10H,1-4H3,(H2,26,27,28,29). The third kappa shape index (κ3) is 4.91. The maximum absolute atomic E-state index is 12.3. The van der Waals surface area contributed by atoms with Crippen molar-refractivity contribution < 1.29 is 19.0 Å². The summed E-state index contributed by atoms with van der Waals surface area (Å²) in [4.78, 5) is 26.1. The Hall–Kier alpha value is -3.63. The van der Waals surface area contributed by atoms with Crippen molar-refractivity contribution in [2.45, 2.75) is 13.8 Å². The summed E-state index contributed by atoms with van der Waals surface area (Å²) in [6.07, 6.45) is 1.40. The number of halogens is 1. The predicted molar refractivity (Wildman–Crippen MR) is 128 cm³/mol. The molecule has 0 saturated carbocycles. The number of aromatic nitrogens is 3. The molecule has 170 valence electrons. The monoisotopic (exact) mass is 485 g/mol. The van der Waals surface area contributed by atoms with Gasteiger partial charge < -0.3 is 19.5 Å². The number of amides is 2. The largest absolute Gasteiger partial charge is 0.493 e. The highest BCUT2D eigenvalue weighted by atomic mass is 35.5. The Morgan fingerprint density at radius 1 is 1.03 bits per heavy atom. The van der Waals surface area contributed by atoms with E-state index < -0.39 is 6.03 Å². The number of ether oxygens (including phenoxy) is 3. The van der Waals surface area contributed by atoms with Crippen LogP contribution >= 0.6 is 22.9 Å². The SMILES string of the molecule is COc1cc2ncnc(Oc3ccc(NC(=O)Nc4nc(C)c(C)s4)c(Cl)c3)c2cc1OC. The van der Waals surface area contributed by atoms with Crippen molar-refractivity contribution in [2.75, 3.05) is 24.9 Å². The normalized spacial score (nSPS) is 10.7. The Labute approximate surface area is 198 Å². The lowest BCUT2D eigenvalue weighted by atomic mass is 10.2. The second-order valence-electron chi connectivity index (χ2n) is 6.89. The highest BCUT2D eigenvalue weighted by Gasteiger charge is 2.14. The van der Waals surface area contributed by atoms with Crippen LogP contribution in [-0.4, -0.2) is 35.2 Å². The Morgan fingerprint density at radius 3 is 2.45 bits per heavy atom. The van der Waals surface area contributed by atoms with Gasteiger partial charge in [0.2, 0.25) is 5.88 Å². The summed E-state index contributed by atoms with van der Waals surface area (Å²) in [5, 5.41) is 6.86. The van der Waals surface area contributed by atoms with Crippen molar-refractivity contribution in [3.05, 3.63) is 52.3 Å². The summed E-state index contributed by atoms with van der Waals surface area (Å²) in [5.74, 6) is 1.84. The smallest absolute Gasteiger partial charge is 0.325 e. The first kappa shape index (κ1) is 22.6. The number of nitrogens with zero attached hydrogens (tertiary/aromatic N) is 3. The molecule has 2 heterocycles. The molecule has 0 fully saturated rings. The maximum atomic E-state index is 12.3. The van der Waals surface area contributed by atoms with Crippen LogP contribution in [0.3, 0.4) is 0 Å². The van der Waals surface area contributed by atoms with Gasteiger partial charge in [-0.25, -0.2) is 19.7 Å². The number of carbonyl (C=O) groups excluding carboxylic acids is 1. The zero-order valence-corrected chi connectivity index (χ0v) is 19.8. The molecule has 4 aromatic rings. The van der Waals surface area contributed by atoms with Crippen molar-refractivity contribution in [3.63, 3.8) is 0 Å². The Bertz CT molecular complexity index is 1320. The van der Waals surface area contributed by atoms with E-state index in [4.69, 9.17) is 25.8 Å². The minimum absolute atomic E-state index is 0.298. The number of rotatable bonds is 6. The van der Waals surface area contributed by atoms with Gasteiger partial charge in [-0.05, 0) is 32.0 Å². The van der Waals surface area contributed by atoms with Crippen molar-refractivity contribution in [1.82, 2.24) is 15.0 Å². The summed E-state index contributed by atoms with van der Waals surface area (Å²) in [7, 11) is 3.10. The fourth-order valence-corrected chi connectivity index (χ4v) is 4.02. The molecule has 0 aliphatic carbocycles. The van der Waals surface area contributed by atoms with Gasteiger partial charge in [-0.3, -0.25) is 5.32 Å². The molecule has 2 N–H and O–H groups in total. The molecule has 0 aliphatic heterocycles. The van der Waals surface area contributed by atoms with E-state index in [1.54, 1.807) is 44.6 Å². The molecule has 0 saturated heterocycles. The molecule has 0 atom stereocenters. The molecule has 2 aromatic carbocycles. The second-order valence-corrected chi connectivity index (χ2v) is 8.50. The number of aryl methyl sites for hydroxylation is 2. The van der Waals surface area contributed by atoms with Crippen molar-refractivity contribution >= 4 is 50.7 Å². The summed E-state index contributed by atoms with van der Waals surface area (Å²) in [5.41, 5.74) is 1.93. The maximum Gasteiger partial charge on any atom is 0.325 e. The van der Waals surface area contributed by atoms with Crippen molar-refractivity contribution in [3.8, 4) is 23.1 Å². The highest BCUT2D eigenvalue weighted by Crippen LogP contribution is 2.36. The minimum Gasteiger partial charge on any atom is -0.493 e. The van der Waals surface area contributed by atoms with Gasteiger partial charge in [-0.15, -0.1) is 11.3 Å². The van der Waals surface area contributed by atoms with E-state index in [1.807, 2.05) is 13.8 Å². The molecule has 0 aliphatic rings. The molecule has 9 nitrogen and oxygen atoms in total. The van der Waals surface area contributed by atoms with E-state index in [-0.39, 0.29) is 0 Å². The molecule has 2 aromatic heterocycles. The summed E-state index contributed by atoms with van der Waals surface area (Å²) in [6.45, 7) is 3.83. The van der Waals surface area contributed by atoms with Crippen LogP contribution in [-0.2, 0) is 0 Å². The van der Waals surface area contributed by atoms with E-state index in [0.29, 0.717) is 49.9 Å². The van der Waals surface area contributed by atoms with Crippen LogP contribution in [0, 0.1) is 13.8 Å². The van der Waals surface area contributed by atoms with Crippen LogP contribution in [0.2, 0.25) is 5.02 Å². The predicted octanol–water partition coefficient (Wildman–Crippen LogP) is 5.81. The number of nitrogens with one attached hydrogen (secondary N) is 2. The molecule has 0 bridgehead atoms. The van der Waals surface area contributed by atoms with Gasteiger partial charge in [-0.2, -0.15) is 0 Å². The number of hydrogen-bond acceptors (Lipinski definition) is 8. The molecule has 0 spiro atoms. The highest BCUT2D eigenvalue weighted by molar-refractivity contribution is 7.15. The minimum atomic E-state index is -0.442. The number of anilines is 2. The van der Waals surface area contributed by atoms with E-state index in [1.165, 1.54) is 17.7 Å². The fraction of sp³-hybridized carbons (Fsp3) is 0.182. The lowest BCUT2D eigenvalue weighted by Gasteiger charge is -2.12. The van der Waals surface area contributed by atoms with Gasteiger partial charge in [0.25, 0.3) is 0 Å². The van der Waals surface area contributed by atoms with Gasteiger partial charge in [-0.1, -0.05) is 11.6 Å². The zero-order chi connectivity index (χ0) is 23.5. The third-order valence-electron chi connectivity index (χ3n) is 4.76. The number of thiazole rings is 1. The number of methoxy groups -OCH3 is 2. The molecular formula is C22H20ClN5O4S. The summed E-state index contributed by atoms with van der Waals surface area (Å²) >= 11 is 7.77. The van der Waals surface area contributed by atoms with Gasteiger partial charge in [0.05, 0.1) is 41.5 Å². The van der Waals surface area contributed by atoms with Crippen LogP contribution in [0.25, 0.3) is 10.9 Å². The lowest BCUT2D eigenvalue weighted by Crippen LogP contribution is -2.19. The molecule has 0 unspecified atom stereocenters. The lowest BCUT2D eigenvalue weighted by molar-refractivity contribution is 0.262. The molecule has 33 heavy (non-hydrogen) atoms. The van der Waals surface area contributed by atoms with E-state index in [9.17, 15) is 4.79 Å². The molecule has 0 radical (unpaired) electrons. The molecule has 4 rings (SSSR count). The van der Waals surface area contributed by atoms with Crippen LogP contribution in [0.4, 0.5) is 15.6 Å². The fourth-order valence-electron chi connectivity index (χ4n) is 2.99. The summed E-state index contributed by atoms with van der Waals surface area (Å²) < 4.78 is 16.6. The molecule has 2 amide bonds. The average molecular weight is 486 g/mol. The van der Waals surface area contributed by atoms with E-state index >= 15 is 0 Å². The van der Waals surface area contributed by atoms with Crippen LogP contribution in [0.5, 0.6) is 23.1 Å². The first-order valence-electron chi connectivity index (χ1n) is 9.74.